The van der Waals surface area contributed by atoms with Gasteiger partial charge in [-0.1, -0.05) is 0 Å². The summed E-state index contributed by atoms with van der Waals surface area (Å²) in [5.74, 6) is 2.09. The molecule has 2 aromatic heterocycles. The summed E-state index contributed by atoms with van der Waals surface area (Å²) < 4.78 is 21.7. The molecule has 1 aromatic carbocycles. The minimum Gasteiger partial charge on any atom is -0.483 e. The summed E-state index contributed by atoms with van der Waals surface area (Å²) in [6.07, 6.45) is 4.90. The van der Waals surface area contributed by atoms with Crippen molar-refractivity contribution in [1.82, 2.24) is 19.7 Å². The van der Waals surface area contributed by atoms with Crippen molar-refractivity contribution in [2.45, 2.75) is 32.4 Å². The highest BCUT2D eigenvalue weighted by Crippen LogP contribution is 2.26. The van der Waals surface area contributed by atoms with E-state index in [0.717, 1.165) is 37.5 Å². The number of pyridine rings is 1. The number of aromatic nitrogens is 4. The van der Waals surface area contributed by atoms with Crippen LogP contribution >= 0.6 is 0 Å². The van der Waals surface area contributed by atoms with E-state index in [2.05, 4.69) is 19.7 Å². The molecule has 1 aliphatic rings. The summed E-state index contributed by atoms with van der Waals surface area (Å²) in [4.78, 5) is 4.22. The highest BCUT2D eigenvalue weighted by Gasteiger charge is 2.16. The van der Waals surface area contributed by atoms with E-state index in [-0.39, 0.29) is 5.82 Å². The number of nitrogens with zero attached hydrogens (tertiary/aromatic N) is 4. The highest BCUT2D eigenvalue weighted by atomic mass is 19.1. The lowest BCUT2D eigenvalue weighted by Gasteiger charge is -2.15. The van der Waals surface area contributed by atoms with Crippen molar-refractivity contribution < 1.29 is 9.13 Å². The monoisotopic (exact) mass is 298 g/mol. The second-order valence-corrected chi connectivity index (χ2v) is 5.37. The van der Waals surface area contributed by atoms with Gasteiger partial charge >= 0.3 is 0 Å². The van der Waals surface area contributed by atoms with E-state index in [4.69, 9.17) is 4.74 Å². The predicted octanol–water partition coefficient (Wildman–Crippen LogP) is 2.88. The Morgan fingerprint density at radius 3 is 3.09 bits per heavy atom. The van der Waals surface area contributed by atoms with E-state index in [9.17, 15) is 4.39 Å². The largest absolute Gasteiger partial charge is 0.483 e. The maximum atomic E-state index is 13.8. The van der Waals surface area contributed by atoms with Gasteiger partial charge in [0.1, 0.15) is 29.5 Å². The van der Waals surface area contributed by atoms with Gasteiger partial charge in [0.05, 0.1) is 0 Å². The Kier molecular flexibility index (Phi) is 3.21. The number of ether oxygens (including phenoxy) is 1. The van der Waals surface area contributed by atoms with Gasteiger partial charge in [0.2, 0.25) is 0 Å². The van der Waals surface area contributed by atoms with Gasteiger partial charge < -0.3 is 9.30 Å². The average molecular weight is 298 g/mol. The van der Waals surface area contributed by atoms with Crippen LogP contribution in [-0.4, -0.2) is 19.7 Å². The maximum absolute atomic E-state index is 13.8. The minimum atomic E-state index is -0.296. The molecule has 22 heavy (non-hydrogen) atoms. The molecule has 0 fully saturated rings. The first-order valence-corrected chi connectivity index (χ1v) is 7.40. The molecule has 0 radical (unpaired) electrons. The first-order valence-electron chi connectivity index (χ1n) is 7.40. The second-order valence-electron chi connectivity index (χ2n) is 5.37. The van der Waals surface area contributed by atoms with Gasteiger partial charge in [0, 0.05) is 24.5 Å². The Morgan fingerprint density at radius 1 is 1.18 bits per heavy atom. The maximum Gasteiger partial charge on any atom is 0.171 e. The van der Waals surface area contributed by atoms with Crippen LogP contribution in [0.1, 0.15) is 24.5 Å². The summed E-state index contributed by atoms with van der Waals surface area (Å²) in [6, 6.07) is 6.42. The Bertz CT molecular complexity index is 830. The van der Waals surface area contributed by atoms with Gasteiger partial charge in [-0.2, -0.15) is 0 Å². The predicted molar refractivity (Wildman–Crippen MR) is 79.0 cm³/mol. The molecule has 0 atom stereocenters. The van der Waals surface area contributed by atoms with E-state index >= 15 is 0 Å². The van der Waals surface area contributed by atoms with E-state index < -0.39 is 0 Å². The quantitative estimate of drug-likeness (QED) is 0.746. The molecule has 4 rings (SSSR count). The number of benzene rings is 1. The molecule has 3 aromatic rings. The van der Waals surface area contributed by atoms with Crippen LogP contribution < -0.4 is 4.74 Å². The molecule has 0 saturated heterocycles. The van der Waals surface area contributed by atoms with Gasteiger partial charge in [0.15, 0.2) is 5.82 Å². The lowest BCUT2D eigenvalue weighted by atomic mass is 10.2. The summed E-state index contributed by atoms with van der Waals surface area (Å²) >= 11 is 0. The Balaban J connectivity index is 1.62. The van der Waals surface area contributed by atoms with E-state index in [1.807, 2.05) is 0 Å². The molecule has 0 spiro atoms. The molecule has 5 nitrogen and oxygen atoms in total. The summed E-state index contributed by atoms with van der Waals surface area (Å²) in [5.41, 5.74) is 0.529. The van der Waals surface area contributed by atoms with Crippen molar-refractivity contribution in [2.75, 3.05) is 0 Å². The molecule has 0 bridgehead atoms. The standard InChI is InChI=1S/C16H15FN4O/c17-12-6-7-13(16-11(12)4-3-8-18-16)22-10-15-20-19-14-5-1-2-9-21(14)15/h3-4,6-8H,1-2,5,9-10H2. The minimum absolute atomic E-state index is 0.296. The van der Waals surface area contributed by atoms with Gasteiger partial charge in [-0.15, -0.1) is 10.2 Å². The summed E-state index contributed by atoms with van der Waals surface area (Å²) in [5, 5.41) is 8.87. The zero-order valence-corrected chi connectivity index (χ0v) is 12.0. The summed E-state index contributed by atoms with van der Waals surface area (Å²) in [6.45, 7) is 1.24. The van der Waals surface area contributed by atoms with Crippen molar-refractivity contribution in [3.63, 3.8) is 0 Å². The second kappa shape index (κ2) is 5.36. The van der Waals surface area contributed by atoms with Crippen LogP contribution in [0.2, 0.25) is 0 Å². The van der Waals surface area contributed by atoms with Crippen LogP contribution in [0.3, 0.4) is 0 Å². The SMILES string of the molecule is Fc1ccc(OCc2nnc3n2CCCC3)c2ncccc12. The van der Waals surface area contributed by atoms with Crippen LogP contribution in [0.4, 0.5) is 4.39 Å². The molecule has 0 unspecified atom stereocenters. The third-order valence-electron chi connectivity index (χ3n) is 3.97. The Labute approximate surface area is 126 Å². The van der Waals surface area contributed by atoms with Crippen molar-refractivity contribution in [3.8, 4) is 5.75 Å². The molecule has 0 N–H and O–H groups in total. The summed E-state index contributed by atoms with van der Waals surface area (Å²) in [7, 11) is 0. The fourth-order valence-electron chi connectivity index (χ4n) is 2.85. The first-order chi connectivity index (χ1) is 10.8. The number of hydrogen-bond acceptors (Lipinski definition) is 4. The fraction of sp³-hybridized carbons (Fsp3) is 0.312. The first kappa shape index (κ1) is 13.2. The molecule has 6 heteroatoms. The van der Waals surface area contributed by atoms with Gasteiger partial charge in [-0.25, -0.2) is 4.39 Å². The average Bonchev–Trinajstić information content (AvgIpc) is 2.98. The third-order valence-corrected chi connectivity index (χ3v) is 3.97. The number of rotatable bonds is 3. The van der Waals surface area contributed by atoms with Gasteiger partial charge in [-0.05, 0) is 37.1 Å². The van der Waals surface area contributed by atoms with Gasteiger partial charge in [-0.3, -0.25) is 4.98 Å². The molecular formula is C16H15FN4O. The zero-order valence-electron chi connectivity index (χ0n) is 12.0. The van der Waals surface area contributed by atoms with Crippen molar-refractivity contribution in [1.29, 1.82) is 0 Å². The topological polar surface area (TPSA) is 52.8 Å². The number of aryl methyl sites for hydroxylation is 1. The number of halogens is 1. The molecule has 1 aliphatic heterocycles. The van der Waals surface area contributed by atoms with Crippen LogP contribution in [0.25, 0.3) is 10.9 Å². The lowest BCUT2D eigenvalue weighted by molar-refractivity contribution is 0.288. The number of fused-ring (bicyclic) bond motifs is 2. The van der Waals surface area contributed by atoms with Crippen molar-refractivity contribution >= 4 is 10.9 Å². The molecule has 0 saturated carbocycles. The molecule has 0 amide bonds. The smallest absolute Gasteiger partial charge is 0.171 e. The van der Waals surface area contributed by atoms with Crippen LogP contribution in [0, 0.1) is 5.82 Å². The Morgan fingerprint density at radius 2 is 2.14 bits per heavy atom. The molecule has 112 valence electrons. The highest BCUT2D eigenvalue weighted by molar-refractivity contribution is 5.84. The molecule has 3 heterocycles. The van der Waals surface area contributed by atoms with Crippen LogP contribution in [0.15, 0.2) is 30.5 Å². The van der Waals surface area contributed by atoms with Crippen molar-refractivity contribution in [3.05, 3.63) is 47.9 Å². The van der Waals surface area contributed by atoms with E-state index in [1.165, 1.54) is 6.07 Å². The van der Waals surface area contributed by atoms with Crippen molar-refractivity contribution in [2.24, 2.45) is 0 Å². The number of hydrogen-bond donors (Lipinski definition) is 0. The van der Waals surface area contributed by atoms with Crippen LogP contribution in [-0.2, 0) is 19.6 Å². The van der Waals surface area contributed by atoms with Crippen LogP contribution in [0.5, 0.6) is 5.75 Å². The zero-order chi connectivity index (χ0) is 14.9. The lowest BCUT2D eigenvalue weighted by Crippen LogP contribution is -2.14. The third kappa shape index (κ3) is 2.20. The van der Waals surface area contributed by atoms with E-state index in [0.29, 0.717) is 23.3 Å². The normalized spacial score (nSPS) is 14.0. The fourth-order valence-corrected chi connectivity index (χ4v) is 2.85. The van der Waals surface area contributed by atoms with Gasteiger partial charge in [0.25, 0.3) is 0 Å². The molecular weight excluding hydrogens is 283 g/mol. The van der Waals surface area contributed by atoms with E-state index in [1.54, 1.807) is 24.4 Å². The molecule has 0 aliphatic carbocycles. The Hall–Kier alpha value is -2.50.